The molecule has 0 aliphatic heterocycles. The molecule has 66 valence electrons. The summed E-state index contributed by atoms with van der Waals surface area (Å²) < 4.78 is 0. The Morgan fingerprint density at radius 3 is 2.33 bits per heavy atom. The third kappa shape index (κ3) is 2.95. The first-order valence-electron chi connectivity index (χ1n) is 2.99. The molecule has 0 aliphatic carbocycles. The van der Waals surface area contributed by atoms with E-state index in [-0.39, 0.29) is 11.5 Å². The summed E-state index contributed by atoms with van der Waals surface area (Å²) in [6, 6.07) is 4.47. The maximum absolute atomic E-state index is 10.2. The summed E-state index contributed by atoms with van der Waals surface area (Å²) in [5.74, 6) is 7.16. The highest BCUT2D eigenvalue weighted by atomic mass is 16.4. The molecule has 0 aromatic carbocycles. The number of carbonyl (C=O) groups is 1. The zero-order chi connectivity index (χ0) is 9.56. The number of carboxylic acid groups (broad SMARTS) is 1. The molecule has 0 atom stereocenters. The Hall–Kier alpha value is -1.66. The molecule has 1 aromatic rings. The molecule has 1 heterocycles. The molecule has 1 aromatic heterocycles. The largest absolute Gasteiger partial charge is 0.477 e. The molecule has 7 N–H and O–H groups in total. The highest BCUT2D eigenvalue weighted by Crippen LogP contribution is 1.98. The summed E-state index contributed by atoms with van der Waals surface area (Å²) in [6.45, 7) is 0. The van der Waals surface area contributed by atoms with Crippen LogP contribution < -0.4 is 17.4 Å². The zero-order valence-corrected chi connectivity index (χ0v) is 6.27. The van der Waals surface area contributed by atoms with Gasteiger partial charge in [-0.05, 0) is 12.1 Å². The van der Waals surface area contributed by atoms with E-state index in [9.17, 15) is 4.79 Å². The van der Waals surface area contributed by atoms with Crippen LogP contribution in [-0.4, -0.2) is 16.1 Å². The lowest BCUT2D eigenvalue weighted by Crippen LogP contribution is -2.02. The fourth-order valence-corrected chi connectivity index (χ4v) is 0.571. The van der Waals surface area contributed by atoms with Crippen LogP contribution in [0, 0.1) is 0 Å². The number of pyridine rings is 1. The predicted octanol–water partition coefficient (Wildman–Crippen LogP) is -0.819. The van der Waals surface area contributed by atoms with Crippen LogP contribution in [0.4, 0.5) is 5.82 Å². The van der Waals surface area contributed by atoms with Crippen molar-refractivity contribution < 1.29 is 9.90 Å². The molecule has 0 saturated carbocycles. The molecule has 1 rings (SSSR count). The third-order valence-corrected chi connectivity index (χ3v) is 0.990. The molecule has 6 nitrogen and oxygen atoms in total. The van der Waals surface area contributed by atoms with Gasteiger partial charge in [-0.3, -0.25) is 11.7 Å². The van der Waals surface area contributed by atoms with Crippen molar-refractivity contribution in [3.8, 4) is 0 Å². The van der Waals surface area contributed by atoms with Crippen LogP contribution in [0.1, 0.15) is 10.5 Å². The maximum atomic E-state index is 10.2. The molecule has 0 spiro atoms. The standard InChI is InChI=1S/C6H6N2O2.H4N2/c7-5-3-1-2-4(8-5)6(9)10;1-2/h1-3H,(H2,7,8)(H,9,10);1-2H2. The molecular formula is C6H10N4O2. The fraction of sp³-hybridized carbons (Fsp3) is 0. The number of rotatable bonds is 1. The van der Waals surface area contributed by atoms with Gasteiger partial charge in [-0.15, -0.1) is 0 Å². The van der Waals surface area contributed by atoms with Gasteiger partial charge in [0.25, 0.3) is 0 Å². The Balaban J connectivity index is 0.000000561. The van der Waals surface area contributed by atoms with E-state index in [1.165, 1.54) is 12.1 Å². The lowest BCUT2D eigenvalue weighted by atomic mass is 10.3. The van der Waals surface area contributed by atoms with Gasteiger partial charge in [-0.2, -0.15) is 0 Å². The number of carboxylic acids is 1. The Kier molecular flexibility index (Phi) is 4.35. The summed E-state index contributed by atoms with van der Waals surface area (Å²) in [6.07, 6.45) is 0. The second kappa shape index (κ2) is 5.05. The van der Waals surface area contributed by atoms with Crippen LogP contribution in [0.25, 0.3) is 0 Å². The van der Waals surface area contributed by atoms with Crippen LogP contribution in [0.15, 0.2) is 18.2 Å². The second-order valence-corrected chi connectivity index (χ2v) is 1.75. The highest BCUT2D eigenvalue weighted by Gasteiger charge is 2.01. The van der Waals surface area contributed by atoms with Gasteiger partial charge < -0.3 is 10.8 Å². The number of anilines is 1. The molecule has 0 bridgehead atoms. The van der Waals surface area contributed by atoms with Crippen LogP contribution in [0.2, 0.25) is 0 Å². The summed E-state index contributed by atoms with van der Waals surface area (Å²) in [5.41, 5.74) is 5.19. The van der Waals surface area contributed by atoms with E-state index in [0.29, 0.717) is 0 Å². The average Bonchev–Trinajstić information content (AvgIpc) is 2.08. The van der Waals surface area contributed by atoms with Crippen molar-refractivity contribution >= 4 is 11.8 Å². The number of hydrogen-bond donors (Lipinski definition) is 4. The monoisotopic (exact) mass is 170 g/mol. The van der Waals surface area contributed by atoms with Gasteiger partial charge in [-0.25, -0.2) is 9.78 Å². The molecule has 0 radical (unpaired) electrons. The lowest BCUT2D eigenvalue weighted by molar-refractivity contribution is 0.0690. The number of nitrogen functional groups attached to an aromatic ring is 1. The fourth-order valence-electron chi connectivity index (χ4n) is 0.571. The Labute approximate surface area is 69.0 Å². The minimum absolute atomic E-state index is 0.0278. The molecule has 0 amide bonds. The highest BCUT2D eigenvalue weighted by molar-refractivity contribution is 5.85. The van der Waals surface area contributed by atoms with Gasteiger partial charge in [0.05, 0.1) is 0 Å². The normalized spacial score (nSPS) is 8.17. The molecule has 0 saturated heterocycles. The number of hydrazine groups is 1. The Bertz CT molecular complexity index is 263. The third-order valence-electron chi connectivity index (χ3n) is 0.990. The van der Waals surface area contributed by atoms with E-state index in [1.807, 2.05) is 0 Å². The van der Waals surface area contributed by atoms with Gasteiger partial charge in [0.1, 0.15) is 5.82 Å². The SMILES string of the molecule is NN.Nc1cccc(C(=O)O)n1. The van der Waals surface area contributed by atoms with Crippen molar-refractivity contribution in [1.29, 1.82) is 0 Å². The van der Waals surface area contributed by atoms with Crippen LogP contribution in [0.5, 0.6) is 0 Å². The second-order valence-electron chi connectivity index (χ2n) is 1.75. The smallest absolute Gasteiger partial charge is 0.354 e. The number of nitrogens with two attached hydrogens (primary N) is 3. The van der Waals surface area contributed by atoms with E-state index in [4.69, 9.17) is 10.8 Å². The van der Waals surface area contributed by atoms with Gasteiger partial charge in [0.2, 0.25) is 0 Å². The lowest BCUT2D eigenvalue weighted by Gasteiger charge is -1.92. The van der Waals surface area contributed by atoms with Crippen molar-refractivity contribution in [3.05, 3.63) is 23.9 Å². The number of hydrogen-bond acceptors (Lipinski definition) is 5. The van der Waals surface area contributed by atoms with Crippen molar-refractivity contribution in [2.45, 2.75) is 0 Å². The minimum atomic E-state index is -1.06. The average molecular weight is 170 g/mol. The molecule has 12 heavy (non-hydrogen) atoms. The molecule has 6 heteroatoms. The van der Waals surface area contributed by atoms with Gasteiger partial charge in [0, 0.05) is 0 Å². The van der Waals surface area contributed by atoms with E-state index < -0.39 is 5.97 Å². The minimum Gasteiger partial charge on any atom is -0.477 e. The quantitative estimate of drug-likeness (QED) is 0.322. The molecule has 0 unspecified atom stereocenters. The van der Waals surface area contributed by atoms with Crippen molar-refractivity contribution in [3.63, 3.8) is 0 Å². The zero-order valence-electron chi connectivity index (χ0n) is 6.27. The van der Waals surface area contributed by atoms with E-state index in [0.717, 1.165) is 0 Å². The Morgan fingerprint density at radius 2 is 2.00 bits per heavy atom. The summed E-state index contributed by atoms with van der Waals surface area (Å²) in [4.78, 5) is 13.8. The number of nitrogens with zero attached hydrogens (tertiary/aromatic N) is 1. The van der Waals surface area contributed by atoms with Crippen molar-refractivity contribution in [2.24, 2.45) is 11.7 Å². The van der Waals surface area contributed by atoms with Gasteiger partial charge in [-0.1, -0.05) is 6.07 Å². The van der Waals surface area contributed by atoms with Crippen LogP contribution in [-0.2, 0) is 0 Å². The number of aromatic carboxylic acids is 1. The predicted molar refractivity (Wildman–Crippen MR) is 44.0 cm³/mol. The van der Waals surface area contributed by atoms with Gasteiger partial charge >= 0.3 is 5.97 Å². The van der Waals surface area contributed by atoms with Crippen LogP contribution >= 0.6 is 0 Å². The van der Waals surface area contributed by atoms with E-state index in [1.54, 1.807) is 6.07 Å². The molecular weight excluding hydrogens is 160 g/mol. The maximum Gasteiger partial charge on any atom is 0.354 e. The Morgan fingerprint density at radius 1 is 1.42 bits per heavy atom. The summed E-state index contributed by atoms with van der Waals surface area (Å²) >= 11 is 0. The first-order chi connectivity index (χ1) is 5.70. The van der Waals surface area contributed by atoms with E-state index in [2.05, 4.69) is 16.7 Å². The summed E-state index contributed by atoms with van der Waals surface area (Å²) in [7, 11) is 0. The first-order valence-corrected chi connectivity index (χ1v) is 2.99. The number of aromatic nitrogens is 1. The van der Waals surface area contributed by atoms with Crippen molar-refractivity contribution in [1.82, 2.24) is 4.98 Å². The molecule has 0 fully saturated rings. The topological polar surface area (TPSA) is 128 Å². The van der Waals surface area contributed by atoms with Gasteiger partial charge in [0.15, 0.2) is 5.69 Å². The molecule has 0 aliphatic rings. The first kappa shape index (κ1) is 10.3. The van der Waals surface area contributed by atoms with E-state index >= 15 is 0 Å². The van der Waals surface area contributed by atoms with Crippen molar-refractivity contribution in [2.75, 3.05) is 5.73 Å². The summed E-state index contributed by atoms with van der Waals surface area (Å²) in [5, 5.41) is 8.39. The van der Waals surface area contributed by atoms with Crippen LogP contribution in [0.3, 0.4) is 0 Å².